The third kappa shape index (κ3) is 4.68. The van der Waals surface area contributed by atoms with Crippen molar-refractivity contribution in [3.05, 3.63) is 114 Å². The lowest BCUT2D eigenvalue weighted by Gasteiger charge is -2.29. The fourth-order valence-corrected chi connectivity index (χ4v) is 3.64. The maximum absolute atomic E-state index is 12.5. The summed E-state index contributed by atoms with van der Waals surface area (Å²) in [4.78, 5) is 11.0. The van der Waals surface area contributed by atoms with Crippen molar-refractivity contribution in [2.75, 3.05) is 13.3 Å². The molecule has 7 heteroatoms. The number of benzene rings is 3. The summed E-state index contributed by atoms with van der Waals surface area (Å²) in [6, 6.07) is 28.7. The average Bonchev–Trinajstić information content (AvgIpc) is 3.23. The van der Waals surface area contributed by atoms with Crippen LogP contribution in [0.4, 0.5) is 0 Å². The van der Waals surface area contributed by atoms with Gasteiger partial charge in [-0.05, 0) is 11.6 Å². The third-order valence-electron chi connectivity index (χ3n) is 4.88. The lowest BCUT2D eigenvalue weighted by molar-refractivity contribution is -0.108. The summed E-state index contributed by atoms with van der Waals surface area (Å²) >= 11 is 0. The molecule has 0 spiro atoms. The number of hydrogen-bond donors (Lipinski definition) is 0. The van der Waals surface area contributed by atoms with Gasteiger partial charge in [0.25, 0.3) is 0 Å². The molecule has 1 aliphatic rings. The Labute approximate surface area is 182 Å². The molecule has 1 heterocycles. The van der Waals surface area contributed by atoms with Crippen LogP contribution in [0.15, 0.2) is 102 Å². The molecule has 1 atom stereocenters. The number of sulfonamides is 1. The zero-order valence-corrected chi connectivity index (χ0v) is 18.1. The van der Waals surface area contributed by atoms with Gasteiger partial charge in [-0.3, -0.25) is 4.31 Å². The van der Waals surface area contributed by atoms with Gasteiger partial charge in [0.15, 0.2) is 11.7 Å². The predicted octanol–water partition coefficient (Wildman–Crippen LogP) is 4.27. The summed E-state index contributed by atoms with van der Waals surface area (Å²) in [5.41, 5.74) is 2.54. The smallest absolute Gasteiger partial charge is 0.233 e. The molecule has 0 bridgehead atoms. The Balaban J connectivity index is 1.84. The molecule has 0 unspecified atom stereocenters. The van der Waals surface area contributed by atoms with Gasteiger partial charge in [0, 0.05) is 18.2 Å². The molecular formula is C24H23N3O3S. The van der Waals surface area contributed by atoms with Gasteiger partial charge in [-0.15, -0.1) is 0 Å². The second kappa shape index (κ2) is 8.75. The Morgan fingerprint density at radius 3 is 2.06 bits per heavy atom. The molecule has 0 radical (unpaired) electrons. The van der Waals surface area contributed by atoms with Crippen LogP contribution in [-0.4, -0.2) is 36.9 Å². The van der Waals surface area contributed by atoms with E-state index in [9.17, 15) is 8.42 Å². The highest BCUT2D eigenvalue weighted by Gasteiger charge is 2.34. The molecule has 31 heavy (non-hydrogen) atoms. The van der Waals surface area contributed by atoms with Crippen molar-refractivity contribution in [3.63, 3.8) is 0 Å². The topological polar surface area (TPSA) is 62.2 Å². The van der Waals surface area contributed by atoms with E-state index in [1.165, 1.54) is 16.4 Å². The van der Waals surface area contributed by atoms with E-state index in [4.69, 9.17) is 9.83 Å². The van der Waals surface area contributed by atoms with E-state index in [1.54, 1.807) is 6.08 Å². The number of hydroxylamine groups is 2. The lowest BCUT2D eigenvalue weighted by Crippen LogP contribution is -2.37. The summed E-state index contributed by atoms with van der Waals surface area (Å²) in [6.45, 7) is 0. The summed E-state index contributed by atoms with van der Waals surface area (Å²) < 4.78 is 26.2. The minimum atomic E-state index is -3.56. The highest BCUT2D eigenvalue weighted by molar-refractivity contribution is 7.88. The van der Waals surface area contributed by atoms with Crippen LogP contribution in [0.25, 0.3) is 6.08 Å². The van der Waals surface area contributed by atoms with Gasteiger partial charge < -0.3 is 0 Å². The zero-order chi connectivity index (χ0) is 21.8. The van der Waals surface area contributed by atoms with Crippen LogP contribution in [0.1, 0.15) is 22.9 Å². The standard InChI is InChI=1S/C24H23N3O3S/c1-26(31(2,28)29)22(18-19-12-6-3-7-13-19)27-23(20-14-8-4-9-15-20)25-24(30-27)21-16-10-5-11-17-21/h3-18,24H,1-2H3/b22-18+/t24-/m0/s1. The lowest BCUT2D eigenvalue weighted by atomic mass is 10.2. The normalized spacial score (nSPS) is 16.8. The molecule has 0 N–H and O–H groups in total. The molecule has 0 saturated carbocycles. The van der Waals surface area contributed by atoms with Gasteiger partial charge in [-0.2, -0.15) is 5.06 Å². The molecule has 3 aromatic rings. The van der Waals surface area contributed by atoms with Crippen molar-refractivity contribution < 1.29 is 13.3 Å². The Morgan fingerprint density at radius 2 is 1.48 bits per heavy atom. The summed E-state index contributed by atoms with van der Waals surface area (Å²) in [5.74, 6) is 0.877. The van der Waals surface area contributed by atoms with Crippen molar-refractivity contribution in [2.24, 2.45) is 4.99 Å². The van der Waals surface area contributed by atoms with Gasteiger partial charge in [0.2, 0.25) is 16.3 Å². The SMILES string of the molecule is CN(/C(=C\c1ccccc1)N1O[C@@H](c2ccccc2)N=C1c1ccccc1)S(C)(=O)=O. The van der Waals surface area contributed by atoms with E-state index >= 15 is 0 Å². The molecule has 0 amide bonds. The number of hydrogen-bond acceptors (Lipinski definition) is 5. The molecule has 158 valence electrons. The Bertz CT molecular complexity index is 1190. The van der Waals surface area contributed by atoms with Gasteiger partial charge >= 0.3 is 0 Å². The van der Waals surface area contributed by atoms with Crippen LogP contribution in [0.5, 0.6) is 0 Å². The Kier molecular flexibility index (Phi) is 5.88. The maximum Gasteiger partial charge on any atom is 0.233 e. The monoisotopic (exact) mass is 433 g/mol. The van der Waals surface area contributed by atoms with Gasteiger partial charge in [0.1, 0.15) is 0 Å². The van der Waals surface area contributed by atoms with Crippen molar-refractivity contribution in [1.29, 1.82) is 0 Å². The summed E-state index contributed by atoms with van der Waals surface area (Å²) in [7, 11) is -2.05. The maximum atomic E-state index is 12.5. The molecule has 0 aliphatic carbocycles. The first-order valence-electron chi connectivity index (χ1n) is 9.79. The minimum Gasteiger partial charge on any atom is -0.257 e. The fraction of sp³-hybridized carbons (Fsp3) is 0.125. The number of nitrogens with zero attached hydrogens (tertiary/aromatic N) is 3. The average molecular weight is 434 g/mol. The first-order valence-corrected chi connectivity index (χ1v) is 11.6. The highest BCUT2D eigenvalue weighted by Crippen LogP contribution is 2.33. The van der Waals surface area contributed by atoms with Gasteiger partial charge in [0.05, 0.1) is 6.26 Å². The quantitative estimate of drug-likeness (QED) is 0.583. The number of rotatable bonds is 6. The van der Waals surface area contributed by atoms with E-state index in [0.717, 1.165) is 22.9 Å². The highest BCUT2D eigenvalue weighted by atomic mass is 32.2. The fourth-order valence-electron chi connectivity index (χ4n) is 3.18. The molecule has 0 aromatic heterocycles. The molecule has 6 nitrogen and oxygen atoms in total. The van der Waals surface area contributed by atoms with Crippen molar-refractivity contribution in [2.45, 2.75) is 6.23 Å². The molecule has 3 aromatic carbocycles. The second-order valence-electron chi connectivity index (χ2n) is 7.13. The summed E-state index contributed by atoms with van der Waals surface area (Å²) in [5, 5.41) is 1.50. The van der Waals surface area contributed by atoms with Crippen LogP contribution in [0, 0.1) is 0 Å². The first-order chi connectivity index (χ1) is 14.9. The zero-order valence-electron chi connectivity index (χ0n) is 17.3. The van der Waals surface area contributed by atoms with E-state index in [2.05, 4.69) is 0 Å². The van der Waals surface area contributed by atoms with Crippen molar-refractivity contribution >= 4 is 21.9 Å². The van der Waals surface area contributed by atoms with Crippen LogP contribution in [-0.2, 0) is 14.9 Å². The van der Waals surface area contributed by atoms with Crippen LogP contribution in [0.2, 0.25) is 0 Å². The van der Waals surface area contributed by atoms with Crippen molar-refractivity contribution in [3.8, 4) is 0 Å². The molecular weight excluding hydrogens is 410 g/mol. The minimum absolute atomic E-state index is 0.342. The van der Waals surface area contributed by atoms with E-state index < -0.39 is 16.3 Å². The largest absolute Gasteiger partial charge is 0.257 e. The van der Waals surface area contributed by atoms with E-state index in [0.29, 0.717) is 11.7 Å². The number of amidine groups is 1. The predicted molar refractivity (Wildman–Crippen MR) is 122 cm³/mol. The van der Waals surface area contributed by atoms with E-state index in [1.807, 2.05) is 91.0 Å². The molecule has 0 saturated heterocycles. The van der Waals surface area contributed by atoms with Crippen LogP contribution < -0.4 is 0 Å². The third-order valence-corrected chi connectivity index (χ3v) is 6.06. The van der Waals surface area contributed by atoms with Crippen LogP contribution in [0.3, 0.4) is 0 Å². The van der Waals surface area contributed by atoms with Crippen LogP contribution >= 0.6 is 0 Å². The first kappa shape index (κ1) is 20.8. The second-order valence-corrected chi connectivity index (χ2v) is 9.14. The Morgan fingerprint density at radius 1 is 0.935 bits per heavy atom. The molecule has 1 aliphatic heterocycles. The molecule has 4 rings (SSSR count). The van der Waals surface area contributed by atoms with E-state index in [-0.39, 0.29) is 0 Å². The summed E-state index contributed by atoms with van der Waals surface area (Å²) in [6.07, 6.45) is 2.34. The molecule has 0 fully saturated rings. The van der Waals surface area contributed by atoms with Gasteiger partial charge in [-0.1, -0.05) is 91.0 Å². The number of aliphatic imine (C=N–C) groups is 1. The van der Waals surface area contributed by atoms with Crippen molar-refractivity contribution in [1.82, 2.24) is 9.37 Å². The van der Waals surface area contributed by atoms with Gasteiger partial charge in [-0.25, -0.2) is 18.2 Å². The Hall–Kier alpha value is -3.42.